The second-order valence-corrected chi connectivity index (χ2v) is 8.63. The van der Waals surface area contributed by atoms with Crippen LogP contribution in [0.15, 0.2) is 72.1 Å². The molecule has 8 heteroatoms. The minimum Gasteiger partial charge on any atom is -0.333 e. The molecule has 2 aromatic carbocycles. The monoisotopic (exact) mass is 447 g/mol. The molecule has 0 unspecified atom stereocenters. The fraction of sp³-hybridized carbons (Fsp3) is 0.208. The molecule has 3 heterocycles. The molecular weight excluding hydrogens is 425 g/mol. The molecule has 0 aliphatic carbocycles. The van der Waals surface area contributed by atoms with E-state index in [0.717, 1.165) is 24.5 Å². The lowest BCUT2D eigenvalue weighted by Gasteiger charge is -2.34. The van der Waals surface area contributed by atoms with E-state index in [1.165, 1.54) is 29.0 Å². The third-order valence-corrected chi connectivity index (χ3v) is 6.37. The van der Waals surface area contributed by atoms with Crippen molar-refractivity contribution in [2.45, 2.75) is 6.54 Å². The maximum Gasteiger partial charge on any atom is 0.293 e. The SMILES string of the molecule is O=C(c1nc(-c2cccs2)n(-c2cccc(F)c2)n1)N1CCN(Cc2ccccc2)CC1. The predicted molar refractivity (Wildman–Crippen MR) is 122 cm³/mol. The molecule has 0 spiro atoms. The first-order chi connectivity index (χ1) is 15.7. The number of hydrogen-bond donors (Lipinski definition) is 0. The Labute approximate surface area is 189 Å². The smallest absolute Gasteiger partial charge is 0.293 e. The van der Waals surface area contributed by atoms with Crippen LogP contribution in [0, 0.1) is 5.82 Å². The molecule has 0 N–H and O–H groups in total. The summed E-state index contributed by atoms with van der Waals surface area (Å²) in [4.78, 5) is 22.8. The Balaban J connectivity index is 1.35. The van der Waals surface area contributed by atoms with Crippen LogP contribution in [-0.2, 0) is 6.54 Å². The molecule has 1 amide bonds. The summed E-state index contributed by atoms with van der Waals surface area (Å²) in [5.74, 6) is 0.112. The van der Waals surface area contributed by atoms with E-state index < -0.39 is 0 Å². The summed E-state index contributed by atoms with van der Waals surface area (Å²) < 4.78 is 15.4. The van der Waals surface area contributed by atoms with Gasteiger partial charge in [-0.25, -0.2) is 14.1 Å². The van der Waals surface area contributed by atoms with Gasteiger partial charge in [-0.05, 0) is 35.2 Å². The van der Waals surface area contributed by atoms with E-state index in [-0.39, 0.29) is 17.5 Å². The van der Waals surface area contributed by atoms with Crippen molar-refractivity contribution in [2.24, 2.45) is 0 Å². The highest BCUT2D eigenvalue weighted by Crippen LogP contribution is 2.26. The van der Waals surface area contributed by atoms with Gasteiger partial charge in [-0.1, -0.05) is 42.5 Å². The quantitative estimate of drug-likeness (QED) is 0.462. The number of thiophene rings is 1. The van der Waals surface area contributed by atoms with Gasteiger partial charge in [0.2, 0.25) is 5.82 Å². The molecule has 0 atom stereocenters. The molecule has 0 bridgehead atoms. The lowest BCUT2D eigenvalue weighted by atomic mass is 10.2. The number of piperazine rings is 1. The Morgan fingerprint density at radius 1 is 0.969 bits per heavy atom. The number of amides is 1. The molecule has 1 aliphatic heterocycles. The number of benzene rings is 2. The summed E-state index contributed by atoms with van der Waals surface area (Å²) in [5.41, 5.74) is 1.80. The number of nitrogens with zero attached hydrogens (tertiary/aromatic N) is 5. The van der Waals surface area contributed by atoms with E-state index in [1.807, 2.05) is 35.7 Å². The van der Waals surface area contributed by atoms with Crippen molar-refractivity contribution < 1.29 is 9.18 Å². The maximum absolute atomic E-state index is 13.8. The molecule has 0 saturated carbocycles. The van der Waals surface area contributed by atoms with Crippen LogP contribution in [0.5, 0.6) is 0 Å². The van der Waals surface area contributed by atoms with Gasteiger partial charge in [0.1, 0.15) is 5.82 Å². The summed E-state index contributed by atoms with van der Waals surface area (Å²) >= 11 is 1.50. The van der Waals surface area contributed by atoms with Gasteiger partial charge in [0.25, 0.3) is 5.91 Å². The largest absolute Gasteiger partial charge is 0.333 e. The fourth-order valence-electron chi connectivity index (χ4n) is 3.85. The van der Waals surface area contributed by atoms with Crippen molar-refractivity contribution in [3.05, 3.63) is 89.3 Å². The average Bonchev–Trinajstić information content (AvgIpc) is 3.50. The van der Waals surface area contributed by atoms with Gasteiger partial charge >= 0.3 is 0 Å². The third kappa shape index (κ3) is 4.32. The van der Waals surface area contributed by atoms with Crippen LogP contribution in [0.2, 0.25) is 0 Å². The zero-order valence-corrected chi connectivity index (χ0v) is 18.2. The topological polar surface area (TPSA) is 54.3 Å². The van der Waals surface area contributed by atoms with E-state index in [4.69, 9.17) is 0 Å². The van der Waals surface area contributed by atoms with Crippen LogP contribution < -0.4 is 0 Å². The predicted octanol–water partition coefficient (Wildman–Crippen LogP) is 4.09. The van der Waals surface area contributed by atoms with Crippen LogP contribution in [0.3, 0.4) is 0 Å². The molecule has 162 valence electrons. The normalized spacial score (nSPS) is 14.6. The molecule has 6 nitrogen and oxygen atoms in total. The van der Waals surface area contributed by atoms with Crippen LogP contribution >= 0.6 is 11.3 Å². The van der Waals surface area contributed by atoms with Gasteiger partial charge < -0.3 is 4.90 Å². The first-order valence-corrected chi connectivity index (χ1v) is 11.4. The highest BCUT2D eigenvalue weighted by molar-refractivity contribution is 7.13. The minimum atomic E-state index is -0.363. The third-order valence-electron chi connectivity index (χ3n) is 5.50. The standard InChI is InChI=1S/C24H22FN5OS/c25-19-8-4-9-20(16-19)30-23(21-10-5-15-32-21)26-22(27-30)24(31)29-13-11-28(12-14-29)17-18-6-2-1-3-7-18/h1-10,15-16H,11-14,17H2. The van der Waals surface area contributed by atoms with Gasteiger partial charge in [0, 0.05) is 32.7 Å². The summed E-state index contributed by atoms with van der Waals surface area (Å²) in [6.07, 6.45) is 0. The first kappa shape index (κ1) is 20.5. The highest BCUT2D eigenvalue weighted by Gasteiger charge is 2.27. The number of carbonyl (C=O) groups excluding carboxylic acids is 1. The fourth-order valence-corrected chi connectivity index (χ4v) is 4.55. The van der Waals surface area contributed by atoms with E-state index >= 15 is 0 Å². The van der Waals surface area contributed by atoms with Gasteiger partial charge in [0.05, 0.1) is 10.6 Å². The number of carbonyl (C=O) groups is 1. The summed E-state index contributed by atoms with van der Waals surface area (Å²) in [7, 11) is 0. The molecule has 5 rings (SSSR count). The Kier molecular flexibility index (Phi) is 5.79. The van der Waals surface area contributed by atoms with Crippen molar-refractivity contribution in [1.29, 1.82) is 0 Å². The van der Waals surface area contributed by atoms with Crippen molar-refractivity contribution in [3.63, 3.8) is 0 Å². The number of rotatable bonds is 5. The van der Waals surface area contributed by atoms with E-state index in [0.29, 0.717) is 24.6 Å². The van der Waals surface area contributed by atoms with Crippen LogP contribution in [-0.4, -0.2) is 56.7 Å². The molecule has 0 radical (unpaired) electrons. The lowest BCUT2D eigenvalue weighted by Crippen LogP contribution is -2.48. The van der Waals surface area contributed by atoms with Crippen LogP contribution in [0.4, 0.5) is 4.39 Å². The van der Waals surface area contributed by atoms with Gasteiger partial charge in [-0.3, -0.25) is 9.69 Å². The zero-order chi connectivity index (χ0) is 21.9. The minimum absolute atomic E-state index is 0.133. The molecule has 32 heavy (non-hydrogen) atoms. The number of aromatic nitrogens is 3. The van der Waals surface area contributed by atoms with Gasteiger partial charge in [0.15, 0.2) is 5.82 Å². The second-order valence-electron chi connectivity index (χ2n) is 7.68. The van der Waals surface area contributed by atoms with E-state index in [1.54, 1.807) is 21.7 Å². The van der Waals surface area contributed by atoms with Crippen molar-refractivity contribution in [3.8, 4) is 16.4 Å². The molecular formula is C24H22FN5OS. The van der Waals surface area contributed by atoms with Crippen molar-refractivity contribution >= 4 is 17.2 Å². The molecule has 4 aromatic rings. The summed E-state index contributed by atoms with van der Waals surface area (Å²) in [6, 6.07) is 20.3. The Bertz CT molecular complexity index is 1200. The Morgan fingerprint density at radius 3 is 2.50 bits per heavy atom. The van der Waals surface area contributed by atoms with Gasteiger partial charge in [-0.15, -0.1) is 16.4 Å². The maximum atomic E-state index is 13.8. The van der Waals surface area contributed by atoms with Crippen LogP contribution in [0.1, 0.15) is 16.2 Å². The Hall–Kier alpha value is -3.36. The summed E-state index contributed by atoms with van der Waals surface area (Å²) in [6.45, 7) is 3.70. The van der Waals surface area contributed by atoms with Crippen LogP contribution in [0.25, 0.3) is 16.4 Å². The van der Waals surface area contributed by atoms with Crippen molar-refractivity contribution in [2.75, 3.05) is 26.2 Å². The molecule has 1 aliphatic rings. The average molecular weight is 448 g/mol. The van der Waals surface area contributed by atoms with E-state index in [2.05, 4.69) is 27.1 Å². The summed E-state index contributed by atoms with van der Waals surface area (Å²) in [5, 5.41) is 6.42. The van der Waals surface area contributed by atoms with Gasteiger partial charge in [-0.2, -0.15) is 0 Å². The van der Waals surface area contributed by atoms with Crippen molar-refractivity contribution in [1.82, 2.24) is 24.6 Å². The van der Waals surface area contributed by atoms with E-state index in [9.17, 15) is 9.18 Å². The molecule has 2 aromatic heterocycles. The molecule has 1 saturated heterocycles. The lowest BCUT2D eigenvalue weighted by molar-refractivity contribution is 0.0616. The molecule has 1 fully saturated rings. The highest BCUT2D eigenvalue weighted by atomic mass is 32.1. The first-order valence-electron chi connectivity index (χ1n) is 10.5. The second kappa shape index (κ2) is 9.02. The number of halogens is 1. The Morgan fingerprint density at radius 2 is 1.78 bits per heavy atom. The zero-order valence-electron chi connectivity index (χ0n) is 17.4. The number of hydrogen-bond acceptors (Lipinski definition) is 5.